The number of carbonyl (C=O) groups is 4. The van der Waals surface area contributed by atoms with Crippen LogP contribution in [0.5, 0.6) is 29.3 Å². The van der Waals surface area contributed by atoms with Gasteiger partial charge in [0.2, 0.25) is 35.4 Å². The number of alkyl halides is 4. The van der Waals surface area contributed by atoms with Gasteiger partial charge < -0.3 is 43.7 Å². The van der Waals surface area contributed by atoms with Gasteiger partial charge in [0.15, 0.2) is 14.9 Å². The number of benzene rings is 2. The van der Waals surface area contributed by atoms with Crippen LogP contribution in [0.3, 0.4) is 0 Å². The maximum atomic E-state index is 12.5. The molecule has 0 bridgehead atoms. The van der Waals surface area contributed by atoms with Crippen molar-refractivity contribution in [1.29, 1.82) is 0 Å². The minimum absolute atomic E-state index is 0.0612. The summed E-state index contributed by atoms with van der Waals surface area (Å²) in [7, 11) is -14.7. The fourth-order valence-corrected chi connectivity index (χ4v) is 11.2. The fourth-order valence-electron chi connectivity index (χ4n) is 6.66. The number of carboxylic acids is 2. The molecule has 1 aliphatic rings. The molecule has 0 atom stereocenters. The lowest BCUT2D eigenvalue weighted by Gasteiger charge is -2.11. The van der Waals surface area contributed by atoms with Crippen LogP contribution in [0.25, 0.3) is 5.69 Å². The number of halogens is 6. The van der Waals surface area contributed by atoms with Crippen LogP contribution >= 0.6 is 30.8 Å². The van der Waals surface area contributed by atoms with Crippen LogP contribution in [-0.4, -0.2) is 161 Å². The normalized spacial score (nSPS) is 11.9. The Kier molecular flexibility index (Phi) is 26.9. The van der Waals surface area contributed by atoms with Gasteiger partial charge in [-0.3, -0.25) is 29.9 Å². The molecule has 0 unspecified atom stereocenters. The third-order valence-corrected chi connectivity index (χ3v) is 16.1. The zero-order valence-electron chi connectivity index (χ0n) is 46.0. The van der Waals surface area contributed by atoms with Crippen LogP contribution < -0.4 is 54.8 Å². The van der Waals surface area contributed by atoms with E-state index in [0.717, 1.165) is 49.5 Å². The van der Waals surface area contributed by atoms with Crippen LogP contribution in [-0.2, 0) is 52.2 Å². The number of nitrogens with one attached hydrogen (secondary N) is 5. The molecule has 0 spiro atoms. The number of urea groups is 2. The first kappa shape index (κ1) is 73.5. The standard InChI is InChI=1S/C15H13Cl2N3O2.C14H10F4N4O7S.C14H17N5O7S2.C3H8NO5P/c1-2-7-22-13-9-12(10(16)8-11(13)17)20-15(21)19-6-4-3-5-14(19)18-20;15-11(16)28-8-5-9(29-12(17)18)20-13(19-8)21-14(25)22-30(26,27)7-4-2-1-3-6(7)10(23)24;1-4-27(21,22)9-6-5-7-15-12(9)28(23,24)19-14(20)18-13-16-10(25-2)8-11(17-13)26-3;5-3(6)1-4-2-10(7,8)9/h1,8-9H,3-7H2;1-5,11-12H,(H,23,24)(H2,19,20,21,22,25);5-8H,4H2,1-3H3,(H2,16,17,18,19,20);4H,1-2H2,(H,5,6)(H2,7,8,9). The van der Waals surface area contributed by atoms with Gasteiger partial charge in [-0.05, 0) is 43.2 Å². The molecule has 4 amide bonds. The van der Waals surface area contributed by atoms with Crippen LogP contribution in [0.15, 0.2) is 86.5 Å². The summed E-state index contributed by atoms with van der Waals surface area (Å²) < 4.78 is 162. The molecule has 5 heterocycles. The molecule has 44 heteroatoms. The predicted molar refractivity (Wildman–Crippen MR) is 302 cm³/mol. The van der Waals surface area contributed by atoms with E-state index >= 15 is 0 Å². The predicted octanol–water partition coefficient (Wildman–Crippen LogP) is 3.57. The monoisotopic (exact) mass is 1390 g/mol. The fraction of sp³-hybridized carbons (Fsp3) is 0.283. The topological polar surface area (TPSA) is 479 Å². The molecular weight excluding hydrogens is 1340 g/mol. The highest BCUT2D eigenvalue weighted by Crippen LogP contribution is 2.34. The molecule has 0 aliphatic carbocycles. The summed E-state index contributed by atoms with van der Waals surface area (Å²) in [6.45, 7) is -5.14. The number of hydrogen-bond donors (Lipinski definition) is 9. The molecule has 34 nitrogen and oxygen atoms in total. The number of nitrogens with zero attached hydrogens (tertiary/aromatic N) is 8. The SMILES string of the molecule is C#CCOc1cc(-n2nc3n(c2=O)CCCC3)c(Cl)cc1Cl.CCS(=O)(=O)c1cccnc1S(=O)(=O)NC(=O)Nc1nc(OC)cc(OC)n1.O=C(Nc1nc(OC(F)F)cc(OC(F)F)n1)NS(=O)(=O)c1ccccc1C(=O)O.O=C(O)CNCP(=O)(O)O. The van der Waals surface area contributed by atoms with Crippen molar-refractivity contribution in [3.8, 4) is 47.3 Å². The number of fused-ring (bicyclic) bond motifs is 1. The number of methoxy groups -OCH3 is 2. The molecule has 90 heavy (non-hydrogen) atoms. The zero-order chi connectivity index (χ0) is 67.3. The number of sulfonamides is 2. The second-order valence-corrected chi connectivity index (χ2v) is 24.6. The van der Waals surface area contributed by atoms with Crippen molar-refractivity contribution < 1.29 is 110 Å². The number of pyridine rings is 1. The van der Waals surface area contributed by atoms with E-state index < -0.39 is 126 Å². The molecule has 0 radical (unpaired) electrons. The lowest BCUT2D eigenvalue weighted by molar-refractivity contribution is -0.135. The molecule has 1 aliphatic heterocycles. The zero-order valence-corrected chi connectivity index (χ0v) is 50.8. The summed E-state index contributed by atoms with van der Waals surface area (Å²) in [4.78, 5) is 90.3. The summed E-state index contributed by atoms with van der Waals surface area (Å²) in [5.41, 5.74) is -0.416. The number of terminal acetylenes is 1. The first-order valence-corrected chi connectivity index (χ1v) is 31.5. The second-order valence-electron chi connectivity index (χ2n) is 16.6. The third kappa shape index (κ3) is 22.5. The van der Waals surface area contributed by atoms with Crippen LogP contribution in [0.2, 0.25) is 10.0 Å². The highest BCUT2D eigenvalue weighted by atomic mass is 35.5. The van der Waals surface area contributed by atoms with Gasteiger partial charge in [-0.15, -0.1) is 11.5 Å². The van der Waals surface area contributed by atoms with E-state index in [4.69, 9.17) is 63.8 Å². The summed E-state index contributed by atoms with van der Waals surface area (Å²) in [5, 5.41) is 27.1. The van der Waals surface area contributed by atoms with Gasteiger partial charge in [0.1, 0.15) is 28.0 Å². The van der Waals surface area contributed by atoms with Crippen molar-refractivity contribution in [2.75, 3.05) is 50.0 Å². The van der Waals surface area contributed by atoms with Gasteiger partial charge in [0, 0.05) is 25.2 Å². The molecule has 488 valence electrons. The van der Waals surface area contributed by atoms with Crippen molar-refractivity contribution in [3.63, 3.8) is 0 Å². The number of anilines is 2. The first-order chi connectivity index (χ1) is 42.1. The van der Waals surface area contributed by atoms with E-state index in [9.17, 15) is 71.4 Å². The van der Waals surface area contributed by atoms with E-state index in [-0.39, 0.29) is 35.8 Å². The Morgan fingerprint density at radius 3 is 1.83 bits per heavy atom. The number of sulfone groups is 1. The van der Waals surface area contributed by atoms with Gasteiger partial charge in [-0.2, -0.15) is 50.6 Å². The van der Waals surface area contributed by atoms with Crippen LogP contribution in [0, 0.1) is 12.3 Å². The smallest absolute Gasteiger partial charge is 0.388 e. The molecule has 2 aromatic carbocycles. The molecule has 0 saturated carbocycles. The highest BCUT2D eigenvalue weighted by molar-refractivity contribution is 7.93. The maximum absolute atomic E-state index is 12.5. The van der Waals surface area contributed by atoms with E-state index in [2.05, 4.69) is 56.0 Å². The number of hydrogen-bond acceptors (Lipinski definition) is 24. The van der Waals surface area contributed by atoms with E-state index in [1.54, 1.807) is 20.7 Å². The quantitative estimate of drug-likeness (QED) is 0.0266. The Hall–Kier alpha value is -9.01. The molecule has 4 aromatic heterocycles. The number of carboxylic acid groups (broad SMARTS) is 2. The molecule has 6 aromatic rings. The first-order valence-electron chi connectivity index (χ1n) is 24.3. The molecule has 7 rings (SSSR count). The van der Waals surface area contributed by atoms with Crippen LogP contribution in [0.4, 0.5) is 39.0 Å². The number of carbonyl (C=O) groups excluding carboxylic acids is 2. The van der Waals surface area contributed by atoms with Crippen molar-refractivity contribution in [2.24, 2.45) is 0 Å². The van der Waals surface area contributed by atoms with Gasteiger partial charge in [0.05, 0.1) is 66.2 Å². The number of ether oxygens (including phenoxy) is 5. The largest absolute Gasteiger partial charge is 0.481 e. The van der Waals surface area contributed by atoms with Crippen molar-refractivity contribution in [1.82, 2.24) is 54.0 Å². The summed E-state index contributed by atoms with van der Waals surface area (Å²) in [6, 6.07) is 8.81. The Labute approximate surface area is 515 Å². The number of aromatic nitrogens is 8. The minimum Gasteiger partial charge on any atom is -0.481 e. The summed E-state index contributed by atoms with van der Waals surface area (Å²) in [6.07, 6.45) is 8.47. The van der Waals surface area contributed by atoms with Crippen molar-refractivity contribution in [3.05, 3.63) is 98.8 Å². The van der Waals surface area contributed by atoms with Gasteiger partial charge >= 0.3 is 50.5 Å². The van der Waals surface area contributed by atoms with E-state index in [1.807, 2.05) is 0 Å². The number of aromatic carboxylic acids is 1. The molecule has 0 fully saturated rings. The van der Waals surface area contributed by atoms with Crippen molar-refractivity contribution in [2.45, 2.75) is 60.8 Å². The third-order valence-electron chi connectivity index (χ3n) is 10.3. The lowest BCUT2D eigenvalue weighted by Crippen LogP contribution is -2.36. The minimum atomic E-state index is -4.71. The van der Waals surface area contributed by atoms with Gasteiger partial charge in [-0.25, -0.2) is 50.4 Å². The van der Waals surface area contributed by atoms with E-state index in [1.165, 1.54) is 60.9 Å². The Morgan fingerprint density at radius 2 is 1.32 bits per heavy atom. The Balaban J connectivity index is 0.000000270. The van der Waals surface area contributed by atoms with Crippen molar-refractivity contribution >= 4 is 96.6 Å². The summed E-state index contributed by atoms with van der Waals surface area (Å²) >= 11 is 12.3. The maximum Gasteiger partial charge on any atom is 0.388 e. The average molecular weight is 1390 g/mol. The van der Waals surface area contributed by atoms with Crippen LogP contribution in [0.1, 0.15) is 35.9 Å². The molecule has 0 saturated heterocycles. The highest BCUT2D eigenvalue weighted by Gasteiger charge is 2.30. The van der Waals surface area contributed by atoms with E-state index in [0.29, 0.717) is 34.1 Å². The second kappa shape index (κ2) is 33.0. The Morgan fingerprint density at radius 1 is 0.778 bits per heavy atom. The molecule has 9 N–H and O–H groups in total. The average Bonchev–Trinajstić information content (AvgIpc) is 1.41. The number of amides is 4. The Bertz CT molecular complexity index is 4040. The van der Waals surface area contributed by atoms with Gasteiger partial charge in [-0.1, -0.05) is 48.2 Å². The summed E-state index contributed by atoms with van der Waals surface area (Å²) in [5.74, 6) is -2.61. The number of aliphatic carboxylic acids is 1. The lowest BCUT2D eigenvalue weighted by atomic mass is 10.2. The number of aryl methyl sites for hydroxylation is 1. The molecular formula is C46H48Cl2F4N13O21PS3. The number of rotatable bonds is 22. The van der Waals surface area contributed by atoms with Gasteiger partial charge in [0.25, 0.3) is 20.0 Å².